The largest absolute Gasteiger partial charge is 0.497 e. The van der Waals surface area contributed by atoms with Crippen molar-refractivity contribution < 1.29 is 19.4 Å². The average Bonchev–Trinajstić information content (AvgIpc) is 2.60. The molecule has 5 heteroatoms. The normalized spacial score (nSPS) is 11.6. The van der Waals surface area contributed by atoms with E-state index in [1.165, 1.54) is 14.2 Å². The molecule has 122 valence electrons. The third-order valence-electron chi connectivity index (χ3n) is 3.43. The fourth-order valence-electron chi connectivity index (χ4n) is 2.21. The summed E-state index contributed by atoms with van der Waals surface area (Å²) in [5.41, 5.74) is 1.45. The number of hydrogen-bond acceptors (Lipinski definition) is 4. The molecule has 0 aromatic heterocycles. The summed E-state index contributed by atoms with van der Waals surface area (Å²) in [7, 11) is 3.06. The Morgan fingerprint density at radius 3 is 2.26 bits per heavy atom. The molecule has 0 fully saturated rings. The number of aliphatic hydroxyl groups is 1. The monoisotopic (exact) mass is 315 g/mol. The number of ether oxygens (including phenoxy) is 2. The smallest absolute Gasteiger partial charge is 0.251 e. The van der Waals surface area contributed by atoms with Crippen molar-refractivity contribution in [2.75, 3.05) is 20.8 Å². The van der Waals surface area contributed by atoms with Crippen LogP contribution in [0.15, 0.2) is 48.5 Å². The van der Waals surface area contributed by atoms with Gasteiger partial charge in [0.05, 0.1) is 20.3 Å². The molecule has 2 rings (SSSR count). The molecule has 0 saturated carbocycles. The van der Waals surface area contributed by atoms with E-state index in [1.807, 2.05) is 30.3 Å². The molecule has 0 aliphatic rings. The van der Waals surface area contributed by atoms with Crippen molar-refractivity contribution in [3.05, 3.63) is 59.7 Å². The van der Waals surface area contributed by atoms with Crippen LogP contribution >= 0.6 is 0 Å². The van der Waals surface area contributed by atoms with Gasteiger partial charge >= 0.3 is 0 Å². The van der Waals surface area contributed by atoms with E-state index in [9.17, 15) is 9.90 Å². The first kappa shape index (κ1) is 16.8. The molecule has 0 aliphatic carbocycles. The van der Waals surface area contributed by atoms with Crippen molar-refractivity contribution in [2.24, 2.45) is 0 Å². The van der Waals surface area contributed by atoms with Gasteiger partial charge in [0, 0.05) is 24.6 Å². The minimum absolute atomic E-state index is 0.174. The Kier molecular flexibility index (Phi) is 6.00. The van der Waals surface area contributed by atoms with Gasteiger partial charge in [-0.3, -0.25) is 4.79 Å². The van der Waals surface area contributed by atoms with Crippen molar-refractivity contribution in [3.8, 4) is 11.5 Å². The van der Waals surface area contributed by atoms with Gasteiger partial charge in [0.15, 0.2) is 0 Å². The Labute approximate surface area is 135 Å². The van der Waals surface area contributed by atoms with Crippen LogP contribution in [0.3, 0.4) is 0 Å². The lowest BCUT2D eigenvalue weighted by molar-refractivity contribution is 0.0915. The van der Waals surface area contributed by atoms with Crippen molar-refractivity contribution in [2.45, 2.75) is 12.5 Å². The minimum atomic E-state index is -0.645. The van der Waals surface area contributed by atoms with Crippen LogP contribution in [0.5, 0.6) is 11.5 Å². The molecule has 2 N–H and O–H groups in total. The van der Waals surface area contributed by atoms with Gasteiger partial charge < -0.3 is 19.9 Å². The fourth-order valence-corrected chi connectivity index (χ4v) is 2.21. The molecular formula is C18H21NO4. The van der Waals surface area contributed by atoms with E-state index in [4.69, 9.17) is 9.47 Å². The molecule has 2 aromatic carbocycles. The molecule has 0 spiro atoms. The maximum atomic E-state index is 12.2. The zero-order chi connectivity index (χ0) is 16.7. The number of nitrogens with one attached hydrogen (secondary N) is 1. The summed E-state index contributed by atoms with van der Waals surface area (Å²) in [6.07, 6.45) is -0.156. The summed E-state index contributed by atoms with van der Waals surface area (Å²) in [6.45, 7) is 0.174. The van der Waals surface area contributed by atoms with Crippen LogP contribution in [0.1, 0.15) is 15.9 Å². The molecule has 0 bridgehead atoms. The third-order valence-corrected chi connectivity index (χ3v) is 3.43. The van der Waals surface area contributed by atoms with E-state index in [0.717, 1.165) is 5.56 Å². The van der Waals surface area contributed by atoms with Crippen molar-refractivity contribution >= 4 is 5.91 Å². The molecule has 0 saturated heterocycles. The van der Waals surface area contributed by atoms with Crippen LogP contribution in [0.2, 0.25) is 0 Å². The Morgan fingerprint density at radius 2 is 1.70 bits per heavy atom. The summed E-state index contributed by atoms with van der Waals surface area (Å²) >= 11 is 0. The van der Waals surface area contributed by atoms with E-state index < -0.39 is 6.10 Å². The predicted molar refractivity (Wildman–Crippen MR) is 88.0 cm³/mol. The number of methoxy groups -OCH3 is 2. The highest BCUT2D eigenvalue weighted by atomic mass is 16.5. The van der Waals surface area contributed by atoms with Crippen LogP contribution in [0.4, 0.5) is 0 Å². The van der Waals surface area contributed by atoms with Crippen LogP contribution in [0.25, 0.3) is 0 Å². The number of benzene rings is 2. The number of amides is 1. The second-order valence-electron chi connectivity index (χ2n) is 5.15. The van der Waals surface area contributed by atoms with Crippen molar-refractivity contribution in [1.82, 2.24) is 5.32 Å². The van der Waals surface area contributed by atoms with Gasteiger partial charge in [0.25, 0.3) is 5.91 Å². The highest BCUT2D eigenvalue weighted by Gasteiger charge is 2.12. The highest BCUT2D eigenvalue weighted by Crippen LogP contribution is 2.22. The molecule has 0 unspecified atom stereocenters. The first-order valence-electron chi connectivity index (χ1n) is 7.35. The topological polar surface area (TPSA) is 67.8 Å². The van der Waals surface area contributed by atoms with E-state index >= 15 is 0 Å². The van der Waals surface area contributed by atoms with Crippen LogP contribution in [0, 0.1) is 0 Å². The molecule has 23 heavy (non-hydrogen) atoms. The molecule has 0 aliphatic heterocycles. The van der Waals surface area contributed by atoms with Gasteiger partial charge in [0.1, 0.15) is 11.5 Å². The number of carbonyl (C=O) groups excluding carboxylic acids is 1. The first-order valence-corrected chi connectivity index (χ1v) is 7.35. The van der Waals surface area contributed by atoms with Gasteiger partial charge in [-0.2, -0.15) is 0 Å². The quantitative estimate of drug-likeness (QED) is 0.820. The van der Waals surface area contributed by atoms with Crippen LogP contribution in [-0.2, 0) is 6.42 Å². The maximum absolute atomic E-state index is 12.2. The Balaban J connectivity index is 1.94. The number of aliphatic hydroxyl groups excluding tert-OH is 1. The van der Waals surface area contributed by atoms with Gasteiger partial charge in [0.2, 0.25) is 0 Å². The fraction of sp³-hybridized carbons (Fsp3) is 0.278. The summed E-state index contributed by atoms with van der Waals surface area (Å²) < 4.78 is 10.3. The molecule has 5 nitrogen and oxygen atoms in total. The number of hydrogen-bond donors (Lipinski definition) is 2. The second-order valence-corrected chi connectivity index (χ2v) is 5.15. The summed E-state index contributed by atoms with van der Waals surface area (Å²) in [5, 5.41) is 12.8. The van der Waals surface area contributed by atoms with Gasteiger partial charge in [-0.1, -0.05) is 30.3 Å². The lowest BCUT2D eigenvalue weighted by Crippen LogP contribution is -2.33. The van der Waals surface area contributed by atoms with Gasteiger partial charge in [-0.15, -0.1) is 0 Å². The second kappa shape index (κ2) is 8.19. The predicted octanol–water partition coefficient (Wildman–Crippen LogP) is 2.04. The Morgan fingerprint density at radius 1 is 1.09 bits per heavy atom. The molecule has 2 aromatic rings. The third kappa shape index (κ3) is 5.00. The zero-order valence-corrected chi connectivity index (χ0v) is 13.3. The van der Waals surface area contributed by atoms with Gasteiger partial charge in [-0.05, 0) is 17.7 Å². The number of rotatable bonds is 7. The average molecular weight is 315 g/mol. The summed E-state index contributed by atoms with van der Waals surface area (Å²) in [5.74, 6) is 0.799. The lowest BCUT2D eigenvalue weighted by atomic mass is 10.1. The van der Waals surface area contributed by atoms with Crippen LogP contribution in [-0.4, -0.2) is 37.9 Å². The molecule has 1 amide bonds. The molecule has 1 atom stereocenters. The van der Waals surface area contributed by atoms with E-state index in [1.54, 1.807) is 18.2 Å². The van der Waals surface area contributed by atoms with Crippen molar-refractivity contribution in [3.63, 3.8) is 0 Å². The van der Waals surface area contributed by atoms with Crippen LogP contribution < -0.4 is 14.8 Å². The Hall–Kier alpha value is -2.53. The summed E-state index contributed by atoms with van der Waals surface area (Å²) in [4.78, 5) is 12.2. The van der Waals surface area contributed by atoms with E-state index in [0.29, 0.717) is 23.5 Å². The number of carbonyl (C=O) groups is 1. The molecule has 0 heterocycles. The molecule has 0 radical (unpaired) electrons. The van der Waals surface area contributed by atoms with Gasteiger partial charge in [-0.25, -0.2) is 0 Å². The van der Waals surface area contributed by atoms with E-state index in [2.05, 4.69) is 5.32 Å². The Bertz CT molecular complexity index is 620. The first-order chi connectivity index (χ1) is 11.1. The van der Waals surface area contributed by atoms with E-state index in [-0.39, 0.29) is 12.5 Å². The lowest BCUT2D eigenvalue weighted by Gasteiger charge is -2.13. The summed E-state index contributed by atoms with van der Waals surface area (Å²) in [6, 6.07) is 14.6. The zero-order valence-electron chi connectivity index (χ0n) is 13.3. The SMILES string of the molecule is COc1cc(OC)cc(C(=O)NC[C@@H](O)Cc2ccccc2)c1. The maximum Gasteiger partial charge on any atom is 0.251 e. The minimum Gasteiger partial charge on any atom is -0.497 e. The molecular weight excluding hydrogens is 294 g/mol. The van der Waals surface area contributed by atoms with Crippen molar-refractivity contribution in [1.29, 1.82) is 0 Å². The standard InChI is InChI=1S/C18H21NO4/c1-22-16-9-14(10-17(11-16)23-2)18(21)19-12-15(20)8-13-6-4-3-5-7-13/h3-7,9-11,15,20H,8,12H2,1-2H3,(H,19,21)/t15-/m0/s1. The highest BCUT2D eigenvalue weighted by molar-refractivity contribution is 5.95.